The molecule has 3 heterocycles. The molecule has 0 radical (unpaired) electrons. The average Bonchev–Trinajstić information content (AvgIpc) is 3.52. The molecule has 0 unspecified atom stereocenters. The SMILES string of the molecule is O=C1CCCN1CCCNS(=O)(=O)c1ccc(Cl)c(C(=O)N2CCC[C@@H]2c2cccs2)c1. The van der Waals surface area contributed by atoms with Gasteiger partial charge in [-0.05, 0) is 55.3 Å². The highest BCUT2D eigenvalue weighted by atomic mass is 35.5. The van der Waals surface area contributed by atoms with E-state index in [1.54, 1.807) is 21.1 Å². The standard InChI is InChI=1S/C22H26ClN3O4S2/c23-18-9-8-16(32(29,30)24-10-4-12-25-11-2-7-21(25)27)15-17(18)22(28)26-13-1-5-19(26)20-6-3-14-31-20/h3,6,8-9,14-15,19,24H,1-2,4-5,7,10-13H2/t19-/m1/s1. The number of nitrogens with zero attached hydrogens (tertiary/aromatic N) is 2. The quantitative estimate of drug-likeness (QED) is 0.566. The lowest BCUT2D eigenvalue weighted by Crippen LogP contribution is -2.32. The van der Waals surface area contributed by atoms with E-state index in [2.05, 4.69) is 4.72 Å². The number of amides is 2. The van der Waals surface area contributed by atoms with Gasteiger partial charge in [-0.1, -0.05) is 17.7 Å². The lowest BCUT2D eigenvalue weighted by molar-refractivity contribution is -0.127. The Balaban J connectivity index is 1.44. The summed E-state index contributed by atoms with van der Waals surface area (Å²) >= 11 is 7.92. The molecule has 0 aliphatic carbocycles. The predicted octanol–water partition coefficient (Wildman–Crippen LogP) is 3.67. The van der Waals surface area contributed by atoms with Crippen LogP contribution in [0, 0.1) is 0 Å². The Morgan fingerprint density at radius 2 is 2.06 bits per heavy atom. The number of thiophene rings is 1. The van der Waals surface area contributed by atoms with Gasteiger partial charge in [0.2, 0.25) is 15.9 Å². The van der Waals surface area contributed by atoms with E-state index in [-0.39, 0.29) is 39.9 Å². The van der Waals surface area contributed by atoms with E-state index in [0.717, 1.165) is 30.7 Å². The first-order valence-electron chi connectivity index (χ1n) is 10.8. The maximum atomic E-state index is 13.3. The summed E-state index contributed by atoms with van der Waals surface area (Å²) < 4.78 is 28.2. The zero-order valence-corrected chi connectivity index (χ0v) is 20.0. The number of hydrogen-bond donors (Lipinski definition) is 1. The molecule has 0 spiro atoms. The molecule has 4 rings (SSSR count). The van der Waals surface area contributed by atoms with Gasteiger partial charge in [0.25, 0.3) is 5.91 Å². The van der Waals surface area contributed by atoms with Gasteiger partial charge in [0.1, 0.15) is 0 Å². The fraction of sp³-hybridized carbons (Fsp3) is 0.455. The molecule has 2 aromatic rings. The highest BCUT2D eigenvalue weighted by molar-refractivity contribution is 7.89. The summed E-state index contributed by atoms with van der Waals surface area (Å²) in [6.07, 6.45) is 3.72. The Bertz CT molecular complexity index is 1090. The van der Waals surface area contributed by atoms with E-state index in [9.17, 15) is 18.0 Å². The molecule has 0 saturated carbocycles. The predicted molar refractivity (Wildman–Crippen MR) is 124 cm³/mol. The molecule has 0 bridgehead atoms. The second-order valence-corrected chi connectivity index (χ2v) is 11.2. The second kappa shape index (κ2) is 9.91. The van der Waals surface area contributed by atoms with Crippen molar-refractivity contribution >= 4 is 44.8 Å². The van der Waals surface area contributed by atoms with Crippen molar-refractivity contribution in [1.82, 2.24) is 14.5 Å². The van der Waals surface area contributed by atoms with Gasteiger partial charge in [-0.2, -0.15) is 0 Å². The third-order valence-corrected chi connectivity index (χ3v) is 8.69. The maximum absolute atomic E-state index is 13.3. The van der Waals surface area contributed by atoms with Crippen molar-refractivity contribution in [3.05, 3.63) is 51.2 Å². The molecule has 1 atom stereocenters. The summed E-state index contributed by atoms with van der Waals surface area (Å²) in [7, 11) is -3.80. The molecular weight excluding hydrogens is 470 g/mol. The van der Waals surface area contributed by atoms with Gasteiger partial charge in [-0.25, -0.2) is 13.1 Å². The van der Waals surface area contributed by atoms with E-state index in [0.29, 0.717) is 25.9 Å². The normalized spacial score (nSPS) is 19.2. The fourth-order valence-electron chi connectivity index (χ4n) is 4.28. The van der Waals surface area contributed by atoms with Gasteiger partial charge in [0.15, 0.2) is 0 Å². The monoisotopic (exact) mass is 495 g/mol. The molecule has 2 aliphatic rings. The van der Waals surface area contributed by atoms with Crippen LogP contribution in [0.2, 0.25) is 5.02 Å². The third kappa shape index (κ3) is 5.01. The van der Waals surface area contributed by atoms with E-state index >= 15 is 0 Å². The zero-order chi connectivity index (χ0) is 22.7. The van der Waals surface area contributed by atoms with Gasteiger partial charge in [0, 0.05) is 37.5 Å². The number of nitrogens with one attached hydrogen (secondary N) is 1. The van der Waals surface area contributed by atoms with Crippen LogP contribution in [0.25, 0.3) is 0 Å². The van der Waals surface area contributed by atoms with Crippen LogP contribution in [0.5, 0.6) is 0 Å². The number of sulfonamides is 1. The van der Waals surface area contributed by atoms with Crippen LogP contribution in [0.4, 0.5) is 0 Å². The first kappa shape index (κ1) is 23.2. The van der Waals surface area contributed by atoms with Crippen LogP contribution in [-0.2, 0) is 14.8 Å². The minimum atomic E-state index is -3.80. The number of carbonyl (C=O) groups is 2. The summed E-state index contributed by atoms with van der Waals surface area (Å²) in [6.45, 7) is 2.09. The van der Waals surface area contributed by atoms with E-state index in [1.807, 2.05) is 17.5 Å². The number of carbonyl (C=O) groups excluding carboxylic acids is 2. The van der Waals surface area contributed by atoms with Crippen molar-refractivity contribution in [1.29, 1.82) is 0 Å². The highest BCUT2D eigenvalue weighted by Gasteiger charge is 2.32. The van der Waals surface area contributed by atoms with E-state index in [1.165, 1.54) is 18.2 Å². The molecule has 2 amide bonds. The van der Waals surface area contributed by atoms with Crippen molar-refractivity contribution in [3.63, 3.8) is 0 Å². The molecule has 2 fully saturated rings. The summed E-state index contributed by atoms with van der Waals surface area (Å²) in [4.78, 5) is 29.6. The first-order valence-corrected chi connectivity index (χ1v) is 13.5. The van der Waals surface area contributed by atoms with Crippen LogP contribution < -0.4 is 4.72 Å². The van der Waals surface area contributed by atoms with Gasteiger partial charge in [0.05, 0.1) is 21.5 Å². The van der Waals surface area contributed by atoms with E-state index < -0.39 is 10.0 Å². The van der Waals surface area contributed by atoms with Gasteiger partial charge < -0.3 is 9.80 Å². The van der Waals surface area contributed by atoms with Crippen molar-refractivity contribution in [3.8, 4) is 0 Å². The van der Waals surface area contributed by atoms with Crippen molar-refractivity contribution in [2.24, 2.45) is 0 Å². The van der Waals surface area contributed by atoms with Crippen molar-refractivity contribution in [2.45, 2.75) is 43.0 Å². The Hall–Kier alpha value is -1.94. The summed E-state index contributed by atoms with van der Waals surface area (Å²) in [6, 6.07) is 8.20. The lowest BCUT2D eigenvalue weighted by Gasteiger charge is -2.24. The molecule has 7 nitrogen and oxygen atoms in total. The lowest BCUT2D eigenvalue weighted by atomic mass is 10.1. The third-order valence-electron chi connectivity index (χ3n) is 5.93. The van der Waals surface area contributed by atoms with Crippen LogP contribution >= 0.6 is 22.9 Å². The minimum absolute atomic E-state index is 0.00868. The maximum Gasteiger partial charge on any atom is 0.255 e. The average molecular weight is 496 g/mol. The molecular formula is C22H26ClN3O4S2. The topological polar surface area (TPSA) is 86.8 Å². The van der Waals surface area contributed by atoms with Crippen LogP contribution in [0.1, 0.15) is 53.4 Å². The molecule has 10 heteroatoms. The summed E-state index contributed by atoms with van der Waals surface area (Å²) in [5, 5.41) is 2.22. The van der Waals surface area contributed by atoms with Crippen molar-refractivity contribution in [2.75, 3.05) is 26.2 Å². The molecule has 2 saturated heterocycles. The van der Waals surface area contributed by atoms with Crippen molar-refractivity contribution < 1.29 is 18.0 Å². The number of likely N-dealkylation sites (tertiary alicyclic amines) is 2. The number of benzene rings is 1. The number of halogens is 1. The molecule has 2 aliphatic heterocycles. The van der Waals surface area contributed by atoms with Crippen LogP contribution in [0.3, 0.4) is 0 Å². The van der Waals surface area contributed by atoms with Crippen LogP contribution in [0.15, 0.2) is 40.6 Å². The Morgan fingerprint density at radius 3 is 2.78 bits per heavy atom. The number of rotatable bonds is 8. The molecule has 1 aromatic carbocycles. The van der Waals surface area contributed by atoms with Gasteiger partial charge in [-0.3, -0.25) is 9.59 Å². The zero-order valence-electron chi connectivity index (χ0n) is 17.6. The van der Waals surface area contributed by atoms with Gasteiger partial charge in [-0.15, -0.1) is 11.3 Å². The number of hydrogen-bond acceptors (Lipinski definition) is 5. The van der Waals surface area contributed by atoms with Crippen LogP contribution in [-0.4, -0.2) is 56.2 Å². The minimum Gasteiger partial charge on any atom is -0.343 e. The molecule has 172 valence electrons. The van der Waals surface area contributed by atoms with Gasteiger partial charge >= 0.3 is 0 Å². The fourth-order valence-corrected chi connectivity index (χ4v) is 6.45. The summed E-state index contributed by atoms with van der Waals surface area (Å²) in [5.41, 5.74) is 0.195. The smallest absolute Gasteiger partial charge is 0.255 e. The van der Waals surface area contributed by atoms with E-state index in [4.69, 9.17) is 11.6 Å². The summed E-state index contributed by atoms with van der Waals surface area (Å²) in [5.74, 6) is -0.132. The molecule has 1 N–H and O–H groups in total. The molecule has 32 heavy (non-hydrogen) atoms. The largest absolute Gasteiger partial charge is 0.343 e. The second-order valence-electron chi connectivity index (χ2n) is 8.05. The first-order chi connectivity index (χ1) is 15.4. The Morgan fingerprint density at radius 1 is 1.22 bits per heavy atom. The Kier molecular flexibility index (Phi) is 7.19. The molecule has 1 aromatic heterocycles. The highest BCUT2D eigenvalue weighted by Crippen LogP contribution is 2.36. The Labute approximate surface area is 197 Å².